The molecule has 2 saturated heterocycles. The van der Waals surface area contributed by atoms with Gasteiger partial charge in [-0.25, -0.2) is 23.4 Å². The van der Waals surface area contributed by atoms with Gasteiger partial charge >= 0.3 is 0 Å². The molecule has 0 saturated carbocycles. The number of sulfonamides is 1. The van der Waals surface area contributed by atoms with Gasteiger partial charge in [-0.3, -0.25) is 0 Å². The molecule has 2 aliphatic heterocycles. The van der Waals surface area contributed by atoms with Crippen molar-refractivity contribution in [1.29, 1.82) is 0 Å². The summed E-state index contributed by atoms with van der Waals surface area (Å²) < 4.78 is 34.9. The lowest BCUT2D eigenvalue weighted by molar-refractivity contribution is 0.414. The Hall–Kier alpha value is -2.72. The van der Waals surface area contributed by atoms with E-state index in [0.29, 0.717) is 23.7 Å². The van der Waals surface area contributed by atoms with Crippen LogP contribution in [0.4, 0.5) is 5.82 Å². The Labute approximate surface area is 175 Å². The first-order chi connectivity index (χ1) is 14.5. The Balaban J connectivity index is 1.33. The molecule has 2 atom stereocenters. The zero-order valence-corrected chi connectivity index (χ0v) is 17.8. The molecule has 0 radical (unpaired) electrons. The first-order valence-corrected chi connectivity index (χ1v) is 11.5. The van der Waals surface area contributed by atoms with E-state index < -0.39 is 10.0 Å². The zero-order chi connectivity index (χ0) is 20.9. The van der Waals surface area contributed by atoms with Crippen molar-refractivity contribution in [2.45, 2.75) is 18.4 Å². The number of nitrogens with zero attached hydrogens (tertiary/aromatic N) is 6. The minimum absolute atomic E-state index is 0.274. The van der Waals surface area contributed by atoms with E-state index in [0.717, 1.165) is 36.6 Å². The summed E-state index contributed by atoms with van der Waals surface area (Å²) in [5.74, 6) is 2.03. The van der Waals surface area contributed by atoms with Crippen LogP contribution in [-0.2, 0) is 16.6 Å². The average Bonchev–Trinajstić information content (AvgIpc) is 3.46. The van der Waals surface area contributed by atoms with Gasteiger partial charge in [-0.05, 0) is 43.0 Å². The van der Waals surface area contributed by atoms with E-state index in [9.17, 15) is 8.42 Å². The summed E-state index contributed by atoms with van der Waals surface area (Å²) in [6, 6.07) is 6.58. The second-order valence-corrected chi connectivity index (χ2v) is 9.76. The van der Waals surface area contributed by atoms with E-state index in [1.165, 1.54) is 0 Å². The number of anilines is 1. The lowest BCUT2D eigenvalue weighted by Gasteiger charge is -2.22. The smallest absolute Gasteiger partial charge is 0.243 e. The predicted molar refractivity (Wildman–Crippen MR) is 112 cm³/mol. The SMILES string of the molecule is CCn1cnc2c(N3CC4CN(S(=O)(=O)c5ccc(OC)cc5)CC4C3)ncnc21. The monoisotopic (exact) mass is 428 g/mol. The molecule has 9 nitrogen and oxygen atoms in total. The highest BCUT2D eigenvalue weighted by Gasteiger charge is 2.45. The maximum absolute atomic E-state index is 13.1. The molecule has 4 heterocycles. The number of hydrogen-bond acceptors (Lipinski definition) is 7. The van der Waals surface area contributed by atoms with Crippen molar-refractivity contribution in [3.63, 3.8) is 0 Å². The molecule has 2 fully saturated rings. The number of hydrogen-bond donors (Lipinski definition) is 0. The van der Waals surface area contributed by atoms with Crippen LogP contribution in [0.1, 0.15) is 6.92 Å². The van der Waals surface area contributed by atoms with Gasteiger partial charge in [0.15, 0.2) is 17.0 Å². The maximum atomic E-state index is 13.1. The van der Waals surface area contributed by atoms with E-state index in [-0.39, 0.29) is 11.8 Å². The quantitative estimate of drug-likeness (QED) is 0.609. The summed E-state index contributed by atoms with van der Waals surface area (Å²) in [7, 11) is -1.94. The van der Waals surface area contributed by atoms with Gasteiger partial charge in [-0.1, -0.05) is 0 Å². The predicted octanol–water partition coefficient (Wildman–Crippen LogP) is 1.61. The van der Waals surface area contributed by atoms with Crippen molar-refractivity contribution < 1.29 is 13.2 Å². The third kappa shape index (κ3) is 3.02. The van der Waals surface area contributed by atoms with E-state index in [1.54, 1.807) is 48.3 Å². The van der Waals surface area contributed by atoms with Gasteiger partial charge in [0.25, 0.3) is 0 Å². The van der Waals surface area contributed by atoms with Crippen LogP contribution in [0, 0.1) is 11.8 Å². The molecular weight excluding hydrogens is 404 g/mol. The van der Waals surface area contributed by atoms with Crippen LogP contribution < -0.4 is 9.64 Å². The Kier molecular flexibility index (Phi) is 4.62. The number of aromatic nitrogens is 4. The molecule has 0 bridgehead atoms. The number of rotatable bonds is 5. The molecule has 30 heavy (non-hydrogen) atoms. The number of methoxy groups -OCH3 is 1. The number of fused-ring (bicyclic) bond motifs is 2. The molecule has 0 aliphatic carbocycles. The number of aryl methyl sites for hydroxylation is 1. The Morgan fingerprint density at radius 3 is 2.37 bits per heavy atom. The van der Waals surface area contributed by atoms with Gasteiger partial charge in [0.05, 0.1) is 18.3 Å². The largest absolute Gasteiger partial charge is 0.497 e. The Bertz CT molecular complexity index is 1160. The highest BCUT2D eigenvalue weighted by atomic mass is 32.2. The second kappa shape index (κ2) is 7.21. The molecule has 0 spiro atoms. The summed E-state index contributed by atoms with van der Waals surface area (Å²) in [5.41, 5.74) is 1.64. The fourth-order valence-corrected chi connectivity index (χ4v) is 6.10. The number of ether oxygens (including phenoxy) is 1. The van der Waals surface area contributed by atoms with Crippen LogP contribution in [0.15, 0.2) is 41.8 Å². The fourth-order valence-electron chi connectivity index (χ4n) is 4.55. The lowest BCUT2D eigenvalue weighted by Crippen LogP contribution is -2.33. The van der Waals surface area contributed by atoms with E-state index in [2.05, 4.69) is 26.8 Å². The minimum atomic E-state index is -3.50. The van der Waals surface area contributed by atoms with Crippen LogP contribution in [0.2, 0.25) is 0 Å². The molecule has 3 aromatic rings. The highest BCUT2D eigenvalue weighted by molar-refractivity contribution is 7.89. The Morgan fingerprint density at radius 1 is 1.03 bits per heavy atom. The molecule has 0 N–H and O–H groups in total. The molecular formula is C20H24N6O3S. The minimum Gasteiger partial charge on any atom is -0.497 e. The summed E-state index contributed by atoms with van der Waals surface area (Å²) in [4.78, 5) is 15.9. The van der Waals surface area contributed by atoms with Crippen LogP contribution >= 0.6 is 0 Å². The topological polar surface area (TPSA) is 93.5 Å². The Morgan fingerprint density at radius 2 is 1.73 bits per heavy atom. The number of imidazole rings is 1. The standard InChI is InChI=1S/C20H24N6O3S/c1-3-24-13-23-18-19(24)21-12-22-20(18)25-8-14-10-26(11-15(14)9-25)30(27,28)17-6-4-16(29-2)5-7-17/h4-7,12-15H,3,8-11H2,1-2H3. The molecule has 10 heteroatoms. The first kappa shape index (κ1) is 19.3. The van der Waals surface area contributed by atoms with Crippen LogP contribution in [-0.4, -0.2) is 65.5 Å². The van der Waals surface area contributed by atoms with Crippen molar-refractivity contribution >= 4 is 27.0 Å². The van der Waals surface area contributed by atoms with Crippen LogP contribution in [0.5, 0.6) is 5.75 Å². The summed E-state index contributed by atoms with van der Waals surface area (Å²) >= 11 is 0. The lowest BCUT2D eigenvalue weighted by atomic mass is 10.0. The molecule has 2 aliphatic rings. The van der Waals surface area contributed by atoms with Crippen molar-refractivity contribution in [1.82, 2.24) is 23.8 Å². The van der Waals surface area contributed by atoms with Gasteiger partial charge < -0.3 is 14.2 Å². The molecule has 2 aromatic heterocycles. The molecule has 1 aromatic carbocycles. The van der Waals surface area contributed by atoms with E-state index in [4.69, 9.17) is 4.74 Å². The normalized spacial score (nSPS) is 22.0. The average molecular weight is 429 g/mol. The van der Waals surface area contributed by atoms with Crippen molar-refractivity contribution in [3.05, 3.63) is 36.9 Å². The zero-order valence-electron chi connectivity index (χ0n) is 17.0. The summed E-state index contributed by atoms with van der Waals surface area (Å²) in [6.07, 6.45) is 3.38. The third-order valence-corrected chi connectivity index (χ3v) is 8.02. The van der Waals surface area contributed by atoms with E-state index >= 15 is 0 Å². The summed E-state index contributed by atoms with van der Waals surface area (Å²) in [6.45, 7) is 5.44. The fraction of sp³-hybridized carbons (Fsp3) is 0.450. The highest BCUT2D eigenvalue weighted by Crippen LogP contribution is 2.37. The van der Waals surface area contributed by atoms with Gasteiger partial charge in [-0.2, -0.15) is 4.31 Å². The van der Waals surface area contributed by atoms with Crippen molar-refractivity contribution in [2.75, 3.05) is 38.2 Å². The van der Waals surface area contributed by atoms with Crippen molar-refractivity contribution in [3.8, 4) is 5.75 Å². The molecule has 158 valence electrons. The summed E-state index contributed by atoms with van der Waals surface area (Å²) in [5, 5.41) is 0. The second-order valence-electron chi connectivity index (χ2n) is 7.82. The maximum Gasteiger partial charge on any atom is 0.243 e. The van der Waals surface area contributed by atoms with Gasteiger partial charge in [-0.15, -0.1) is 0 Å². The van der Waals surface area contributed by atoms with Crippen LogP contribution in [0.3, 0.4) is 0 Å². The first-order valence-electron chi connectivity index (χ1n) is 10.1. The van der Waals surface area contributed by atoms with Gasteiger partial charge in [0.2, 0.25) is 10.0 Å². The van der Waals surface area contributed by atoms with Gasteiger partial charge in [0, 0.05) is 32.7 Å². The molecule has 2 unspecified atom stereocenters. The molecule has 0 amide bonds. The third-order valence-electron chi connectivity index (χ3n) is 6.17. The molecule has 5 rings (SSSR count). The van der Waals surface area contributed by atoms with E-state index in [1.807, 2.05) is 4.57 Å². The van der Waals surface area contributed by atoms with Crippen molar-refractivity contribution in [2.24, 2.45) is 11.8 Å². The van der Waals surface area contributed by atoms with Gasteiger partial charge in [0.1, 0.15) is 12.1 Å². The van der Waals surface area contributed by atoms with Crippen LogP contribution in [0.25, 0.3) is 11.2 Å². The number of benzene rings is 1.